The molecule has 1 heterocycles. The zero-order chi connectivity index (χ0) is 10.9. The summed E-state index contributed by atoms with van der Waals surface area (Å²) in [6.45, 7) is 0.734. The minimum absolute atomic E-state index is 0.0247. The van der Waals surface area contributed by atoms with E-state index in [9.17, 15) is 9.59 Å². The molecule has 4 nitrogen and oxygen atoms in total. The van der Waals surface area contributed by atoms with Crippen LogP contribution in [0.3, 0.4) is 0 Å². The molecule has 0 bridgehead atoms. The van der Waals surface area contributed by atoms with Gasteiger partial charge in [0.1, 0.15) is 6.42 Å². The average molecular weight is 212 g/mol. The van der Waals surface area contributed by atoms with Crippen LogP contribution in [-0.2, 0) is 19.1 Å². The first-order valence-electron chi connectivity index (χ1n) is 5.40. The van der Waals surface area contributed by atoms with Crippen molar-refractivity contribution >= 4 is 11.8 Å². The van der Waals surface area contributed by atoms with E-state index in [1.165, 1.54) is 0 Å². The molecule has 1 aliphatic heterocycles. The summed E-state index contributed by atoms with van der Waals surface area (Å²) in [6.07, 6.45) is 3.13. The summed E-state index contributed by atoms with van der Waals surface area (Å²) >= 11 is 0. The molecule has 1 saturated heterocycles. The number of hydrogen-bond donors (Lipinski definition) is 0. The fourth-order valence-electron chi connectivity index (χ4n) is 2.53. The Morgan fingerprint density at radius 3 is 2.53 bits per heavy atom. The molecule has 1 aliphatic carbocycles. The van der Waals surface area contributed by atoms with Gasteiger partial charge in [-0.15, -0.1) is 0 Å². The zero-order valence-corrected chi connectivity index (χ0v) is 8.95. The van der Waals surface area contributed by atoms with Crippen LogP contribution in [0.25, 0.3) is 0 Å². The molecule has 2 fully saturated rings. The monoisotopic (exact) mass is 212 g/mol. The molecule has 84 valence electrons. The molecule has 0 aromatic rings. The van der Waals surface area contributed by atoms with Gasteiger partial charge in [-0.25, -0.2) is 0 Å². The summed E-state index contributed by atoms with van der Waals surface area (Å²) in [5.74, 6) is 0.126. The fourth-order valence-corrected chi connectivity index (χ4v) is 2.53. The highest BCUT2D eigenvalue weighted by Crippen LogP contribution is 2.39. The van der Waals surface area contributed by atoms with Gasteiger partial charge in [0.15, 0.2) is 11.4 Å². The third kappa shape index (κ3) is 1.91. The average Bonchev–Trinajstić information content (AvgIpc) is 2.47. The molecule has 0 N–H and O–H groups in total. The molecule has 2 aliphatic rings. The number of carbonyl (C=O) groups excluding carboxylic acids is 2. The molecule has 15 heavy (non-hydrogen) atoms. The Balaban J connectivity index is 1.97. The van der Waals surface area contributed by atoms with E-state index in [0.717, 1.165) is 19.4 Å². The lowest BCUT2D eigenvalue weighted by molar-refractivity contribution is -0.156. The quantitative estimate of drug-likeness (QED) is 0.507. The summed E-state index contributed by atoms with van der Waals surface area (Å²) in [6, 6.07) is 0. The van der Waals surface area contributed by atoms with Gasteiger partial charge in [-0.05, 0) is 31.6 Å². The minimum Gasteiger partial charge on any atom is -0.451 e. The topological polar surface area (TPSA) is 52.6 Å². The standard InChI is InChI=1S/C11H16O4/c1-14-7-8-2-4-11(5-3-8)9(12)6-10(13)15-11/h8H,2-7H2,1H3. The Bertz CT molecular complexity index is 276. The van der Waals surface area contributed by atoms with E-state index in [-0.39, 0.29) is 18.2 Å². The van der Waals surface area contributed by atoms with Crippen LogP contribution in [0, 0.1) is 5.92 Å². The van der Waals surface area contributed by atoms with Crippen LogP contribution >= 0.6 is 0 Å². The van der Waals surface area contributed by atoms with E-state index in [4.69, 9.17) is 9.47 Å². The van der Waals surface area contributed by atoms with E-state index >= 15 is 0 Å². The molecule has 0 radical (unpaired) electrons. The maximum absolute atomic E-state index is 11.6. The number of ether oxygens (including phenoxy) is 2. The Hall–Kier alpha value is -0.900. The lowest BCUT2D eigenvalue weighted by atomic mass is 9.77. The molecule has 0 amide bonds. The number of ketones is 1. The van der Waals surface area contributed by atoms with Crippen LogP contribution in [0.15, 0.2) is 0 Å². The molecule has 1 saturated carbocycles. The highest BCUT2D eigenvalue weighted by Gasteiger charge is 2.50. The van der Waals surface area contributed by atoms with Crippen molar-refractivity contribution in [2.24, 2.45) is 5.92 Å². The number of esters is 1. The first kappa shape index (κ1) is 10.6. The summed E-state index contributed by atoms with van der Waals surface area (Å²) in [5.41, 5.74) is -0.763. The van der Waals surface area contributed by atoms with Crippen LogP contribution in [0.2, 0.25) is 0 Å². The Kier molecular flexibility index (Phi) is 2.78. The molecule has 4 heteroatoms. The minimum atomic E-state index is -0.763. The van der Waals surface area contributed by atoms with E-state index in [1.807, 2.05) is 0 Å². The second-order valence-electron chi connectivity index (χ2n) is 4.47. The van der Waals surface area contributed by atoms with E-state index in [2.05, 4.69) is 0 Å². The van der Waals surface area contributed by atoms with Crippen LogP contribution < -0.4 is 0 Å². The van der Waals surface area contributed by atoms with Gasteiger partial charge in [0.05, 0.1) is 0 Å². The summed E-state index contributed by atoms with van der Waals surface area (Å²) in [5, 5.41) is 0. The van der Waals surface area contributed by atoms with Gasteiger partial charge >= 0.3 is 5.97 Å². The summed E-state index contributed by atoms with van der Waals surface area (Å²) in [7, 11) is 1.69. The van der Waals surface area contributed by atoms with Crippen LogP contribution in [0.4, 0.5) is 0 Å². The third-order valence-electron chi connectivity index (χ3n) is 3.44. The van der Waals surface area contributed by atoms with E-state index in [1.54, 1.807) is 7.11 Å². The van der Waals surface area contributed by atoms with Crippen molar-refractivity contribution in [1.29, 1.82) is 0 Å². The van der Waals surface area contributed by atoms with Gasteiger partial charge in [0.25, 0.3) is 0 Å². The Morgan fingerprint density at radius 1 is 1.40 bits per heavy atom. The second-order valence-corrected chi connectivity index (χ2v) is 4.47. The molecular weight excluding hydrogens is 196 g/mol. The number of Topliss-reactive ketones (excluding diaryl/α,β-unsaturated/α-hetero) is 1. The van der Waals surface area contributed by atoms with Gasteiger partial charge in [0, 0.05) is 13.7 Å². The molecule has 0 aromatic carbocycles. The first-order chi connectivity index (χ1) is 7.16. The van der Waals surface area contributed by atoms with Crippen molar-refractivity contribution in [2.75, 3.05) is 13.7 Å². The lowest BCUT2D eigenvalue weighted by Crippen LogP contribution is -2.40. The number of carbonyl (C=O) groups is 2. The van der Waals surface area contributed by atoms with Crippen LogP contribution in [0.1, 0.15) is 32.1 Å². The van der Waals surface area contributed by atoms with Gasteiger partial charge < -0.3 is 9.47 Å². The number of methoxy groups -OCH3 is 1. The van der Waals surface area contributed by atoms with Gasteiger partial charge in [0.2, 0.25) is 0 Å². The predicted molar refractivity (Wildman–Crippen MR) is 52.3 cm³/mol. The normalized spacial score (nSPS) is 35.9. The van der Waals surface area contributed by atoms with Crippen molar-refractivity contribution in [3.8, 4) is 0 Å². The number of rotatable bonds is 2. The van der Waals surface area contributed by atoms with Crippen LogP contribution in [-0.4, -0.2) is 31.1 Å². The molecule has 0 atom stereocenters. The van der Waals surface area contributed by atoms with Crippen molar-refractivity contribution in [3.05, 3.63) is 0 Å². The van der Waals surface area contributed by atoms with Gasteiger partial charge in [-0.1, -0.05) is 0 Å². The van der Waals surface area contributed by atoms with E-state index in [0.29, 0.717) is 18.8 Å². The fraction of sp³-hybridized carbons (Fsp3) is 0.818. The zero-order valence-electron chi connectivity index (χ0n) is 8.95. The molecule has 2 rings (SSSR count). The number of hydrogen-bond acceptors (Lipinski definition) is 4. The highest BCUT2D eigenvalue weighted by molar-refractivity contribution is 6.06. The van der Waals surface area contributed by atoms with Crippen molar-refractivity contribution in [1.82, 2.24) is 0 Å². The largest absolute Gasteiger partial charge is 0.451 e. The first-order valence-corrected chi connectivity index (χ1v) is 5.40. The molecule has 1 spiro atoms. The molecule has 0 aromatic heterocycles. The van der Waals surface area contributed by atoms with Crippen molar-refractivity contribution < 1.29 is 19.1 Å². The predicted octanol–water partition coefficient (Wildman–Crippen LogP) is 1.08. The van der Waals surface area contributed by atoms with Gasteiger partial charge in [-0.2, -0.15) is 0 Å². The molecule has 0 unspecified atom stereocenters. The Morgan fingerprint density at radius 2 is 2.07 bits per heavy atom. The summed E-state index contributed by atoms with van der Waals surface area (Å²) in [4.78, 5) is 22.7. The maximum Gasteiger partial charge on any atom is 0.314 e. The third-order valence-corrected chi connectivity index (χ3v) is 3.44. The summed E-state index contributed by atoms with van der Waals surface area (Å²) < 4.78 is 10.3. The maximum atomic E-state index is 11.6. The smallest absolute Gasteiger partial charge is 0.314 e. The Labute approximate surface area is 88.9 Å². The SMILES string of the molecule is COCC1CCC2(CC1)OC(=O)CC2=O. The second kappa shape index (κ2) is 3.93. The lowest BCUT2D eigenvalue weighted by Gasteiger charge is -2.34. The van der Waals surface area contributed by atoms with Crippen LogP contribution in [0.5, 0.6) is 0 Å². The van der Waals surface area contributed by atoms with Crippen molar-refractivity contribution in [3.63, 3.8) is 0 Å². The highest BCUT2D eigenvalue weighted by atomic mass is 16.6. The van der Waals surface area contributed by atoms with Gasteiger partial charge in [-0.3, -0.25) is 9.59 Å². The van der Waals surface area contributed by atoms with Crippen molar-refractivity contribution in [2.45, 2.75) is 37.7 Å². The van der Waals surface area contributed by atoms with E-state index < -0.39 is 5.60 Å². The molecular formula is C11H16O4.